The second kappa shape index (κ2) is 3.04. The first-order valence-corrected chi connectivity index (χ1v) is 3.49. The number of nitrogens with two attached hydrogens (primary N) is 1. The van der Waals surface area contributed by atoms with E-state index in [4.69, 9.17) is 25.8 Å². The van der Waals surface area contributed by atoms with Crippen molar-refractivity contribution in [3.63, 3.8) is 0 Å². The molecule has 1 fully saturated rings. The monoisotopic (exact) mass is 163 g/mol. The molecule has 1 unspecified atom stereocenters. The summed E-state index contributed by atoms with van der Waals surface area (Å²) >= 11 is 0. The predicted molar refractivity (Wildman–Crippen MR) is 36.5 cm³/mol. The fourth-order valence-corrected chi connectivity index (χ4v) is 1.08. The van der Waals surface area contributed by atoms with E-state index in [0.29, 0.717) is 0 Å². The van der Waals surface area contributed by atoms with Crippen molar-refractivity contribution in [1.29, 1.82) is 0 Å². The van der Waals surface area contributed by atoms with Gasteiger partial charge in [-0.1, -0.05) is 0 Å². The van der Waals surface area contributed by atoms with E-state index in [1.807, 2.05) is 0 Å². The van der Waals surface area contributed by atoms with Gasteiger partial charge in [-0.05, 0) is 6.92 Å². The molecule has 5 nitrogen and oxygen atoms in total. The van der Waals surface area contributed by atoms with Crippen molar-refractivity contribution in [3.8, 4) is 0 Å². The Bertz CT molecular complexity index is 129. The molecule has 1 heterocycles. The van der Waals surface area contributed by atoms with Crippen LogP contribution in [0.15, 0.2) is 0 Å². The van der Waals surface area contributed by atoms with Crippen LogP contribution in [-0.4, -0.2) is 46.0 Å². The molecule has 0 radical (unpaired) electrons. The highest BCUT2D eigenvalue weighted by molar-refractivity contribution is 4.87. The summed E-state index contributed by atoms with van der Waals surface area (Å²) in [4.78, 5) is 0. The van der Waals surface area contributed by atoms with Gasteiger partial charge in [0.05, 0.1) is 6.10 Å². The largest absolute Gasteiger partial charge is 0.388 e. The Morgan fingerprint density at radius 2 is 1.64 bits per heavy atom. The third-order valence-corrected chi connectivity index (χ3v) is 1.89. The second-order valence-electron chi connectivity index (χ2n) is 2.78. The Morgan fingerprint density at radius 1 is 1.09 bits per heavy atom. The van der Waals surface area contributed by atoms with Gasteiger partial charge in [0.15, 0.2) is 0 Å². The Labute approximate surface area is 64.4 Å². The summed E-state index contributed by atoms with van der Waals surface area (Å²) in [6.07, 6.45) is -4.94. The quantitative estimate of drug-likeness (QED) is 0.324. The standard InChI is InChI=1S/C6H13NO4/c1-2-3(8)4(9)5(10)6(7)11-2/h2-6,8-10H,7H2,1H3/t2-,3+,4-,5?,6+/m0/s1. The van der Waals surface area contributed by atoms with Crippen LogP contribution in [0.1, 0.15) is 6.92 Å². The lowest BCUT2D eigenvalue weighted by molar-refractivity contribution is -0.215. The first-order valence-electron chi connectivity index (χ1n) is 3.49. The predicted octanol–water partition coefficient (Wildman–Crippen LogP) is -2.23. The molecule has 11 heavy (non-hydrogen) atoms. The third-order valence-electron chi connectivity index (χ3n) is 1.89. The van der Waals surface area contributed by atoms with Crippen LogP contribution < -0.4 is 5.73 Å². The van der Waals surface area contributed by atoms with Crippen LogP contribution >= 0.6 is 0 Å². The molecule has 66 valence electrons. The van der Waals surface area contributed by atoms with Crippen LogP contribution in [0.4, 0.5) is 0 Å². The molecule has 0 spiro atoms. The lowest BCUT2D eigenvalue weighted by Crippen LogP contribution is -2.59. The Morgan fingerprint density at radius 3 is 2.18 bits per heavy atom. The number of ether oxygens (including phenoxy) is 1. The molecule has 1 saturated heterocycles. The molecular weight excluding hydrogens is 150 g/mol. The van der Waals surface area contributed by atoms with Crippen molar-refractivity contribution >= 4 is 0 Å². The van der Waals surface area contributed by atoms with E-state index in [9.17, 15) is 0 Å². The molecule has 0 amide bonds. The van der Waals surface area contributed by atoms with Crippen molar-refractivity contribution in [2.45, 2.75) is 37.6 Å². The first kappa shape index (κ1) is 8.89. The fraction of sp³-hybridized carbons (Fsp3) is 1.00. The smallest absolute Gasteiger partial charge is 0.135 e. The van der Waals surface area contributed by atoms with E-state index in [1.54, 1.807) is 6.92 Å². The van der Waals surface area contributed by atoms with Gasteiger partial charge in [0.25, 0.3) is 0 Å². The van der Waals surface area contributed by atoms with Gasteiger partial charge in [-0.2, -0.15) is 0 Å². The molecule has 5 N–H and O–H groups in total. The van der Waals surface area contributed by atoms with Gasteiger partial charge in [-0.25, -0.2) is 0 Å². The second-order valence-corrected chi connectivity index (χ2v) is 2.78. The zero-order valence-electron chi connectivity index (χ0n) is 6.21. The van der Waals surface area contributed by atoms with Gasteiger partial charge in [0.1, 0.15) is 24.5 Å². The number of hydrogen-bond donors (Lipinski definition) is 4. The van der Waals surface area contributed by atoms with Crippen molar-refractivity contribution in [1.82, 2.24) is 0 Å². The van der Waals surface area contributed by atoms with Crippen molar-refractivity contribution in [2.24, 2.45) is 5.73 Å². The molecule has 1 rings (SSSR count). The molecule has 0 aliphatic carbocycles. The zero-order chi connectivity index (χ0) is 8.59. The van der Waals surface area contributed by atoms with Gasteiger partial charge in [-0.3, -0.25) is 0 Å². The van der Waals surface area contributed by atoms with Crippen molar-refractivity contribution in [3.05, 3.63) is 0 Å². The van der Waals surface area contributed by atoms with E-state index in [0.717, 1.165) is 0 Å². The Kier molecular flexibility index (Phi) is 2.46. The summed E-state index contributed by atoms with van der Waals surface area (Å²) in [5, 5.41) is 27.3. The zero-order valence-corrected chi connectivity index (χ0v) is 6.21. The van der Waals surface area contributed by atoms with E-state index < -0.39 is 30.6 Å². The SMILES string of the molecule is C[C@@H]1O[C@@H](N)C(O)[C@@H](O)[C@@H]1O. The molecule has 0 aromatic rings. The highest BCUT2D eigenvalue weighted by Gasteiger charge is 2.39. The van der Waals surface area contributed by atoms with Gasteiger partial charge in [-0.15, -0.1) is 0 Å². The summed E-state index contributed by atoms with van der Waals surface area (Å²) in [5.41, 5.74) is 5.28. The summed E-state index contributed by atoms with van der Waals surface area (Å²) < 4.78 is 4.90. The lowest BCUT2D eigenvalue weighted by Gasteiger charge is -2.37. The topological polar surface area (TPSA) is 95.9 Å². The minimum Gasteiger partial charge on any atom is -0.388 e. The van der Waals surface area contributed by atoms with E-state index in [1.165, 1.54) is 0 Å². The minimum atomic E-state index is -1.21. The molecule has 5 heteroatoms. The average molecular weight is 163 g/mol. The van der Waals surface area contributed by atoms with E-state index in [2.05, 4.69) is 0 Å². The van der Waals surface area contributed by atoms with Gasteiger partial charge >= 0.3 is 0 Å². The lowest BCUT2D eigenvalue weighted by atomic mass is 9.99. The minimum absolute atomic E-state index is 0.539. The van der Waals surface area contributed by atoms with Crippen LogP contribution in [0, 0.1) is 0 Å². The number of aliphatic hydroxyl groups is 3. The van der Waals surface area contributed by atoms with Crippen molar-refractivity contribution in [2.75, 3.05) is 0 Å². The summed E-state index contributed by atoms with van der Waals surface area (Å²) in [7, 11) is 0. The molecule has 1 aliphatic heterocycles. The maximum Gasteiger partial charge on any atom is 0.135 e. The molecular formula is C6H13NO4. The molecule has 5 atom stereocenters. The maximum absolute atomic E-state index is 9.14. The average Bonchev–Trinajstić information content (AvgIpc) is 1.97. The molecule has 0 aromatic heterocycles. The van der Waals surface area contributed by atoms with Crippen LogP contribution in [0.2, 0.25) is 0 Å². The number of aliphatic hydroxyl groups excluding tert-OH is 3. The van der Waals surface area contributed by atoms with Crippen LogP contribution in [0.5, 0.6) is 0 Å². The molecule has 0 saturated carbocycles. The maximum atomic E-state index is 9.14. The van der Waals surface area contributed by atoms with Gasteiger partial charge < -0.3 is 25.8 Å². The number of hydrogen-bond acceptors (Lipinski definition) is 5. The normalized spacial score (nSPS) is 52.6. The summed E-state index contributed by atoms with van der Waals surface area (Å²) in [5.74, 6) is 0. The van der Waals surface area contributed by atoms with Crippen LogP contribution in [0.3, 0.4) is 0 Å². The van der Waals surface area contributed by atoms with E-state index >= 15 is 0 Å². The summed E-state index contributed by atoms with van der Waals surface area (Å²) in [6, 6.07) is 0. The highest BCUT2D eigenvalue weighted by Crippen LogP contribution is 2.17. The highest BCUT2D eigenvalue weighted by atomic mass is 16.5. The van der Waals surface area contributed by atoms with Crippen LogP contribution in [-0.2, 0) is 4.74 Å². The third kappa shape index (κ3) is 1.52. The van der Waals surface area contributed by atoms with Crippen LogP contribution in [0.25, 0.3) is 0 Å². The van der Waals surface area contributed by atoms with Gasteiger partial charge in [0.2, 0.25) is 0 Å². The molecule has 0 aromatic carbocycles. The molecule has 0 bridgehead atoms. The fourth-order valence-electron chi connectivity index (χ4n) is 1.08. The van der Waals surface area contributed by atoms with Crippen molar-refractivity contribution < 1.29 is 20.1 Å². The Balaban J connectivity index is 2.63. The van der Waals surface area contributed by atoms with E-state index in [-0.39, 0.29) is 0 Å². The molecule has 1 aliphatic rings. The number of rotatable bonds is 0. The Hall–Kier alpha value is -0.200. The first-order chi connectivity index (χ1) is 5.04. The van der Waals surface area contributed by atoms with Gasteiger partial charge in [0, 0.05) is 0 Å². The summed E-state index contributed by atoms with van der Waals surface area (Å²) in [6.45, 7) is 1.58.